The van der Waals surface area contributed by atoms with Crippen molar-refractivity contribution in [1.82, 2.24) is 5.32 Å². The van der Waals surface area contributed by atoms with Crippen molar-refractivity contribution in [3.8, 4) is 0 Å². The topological polar surface area (TPSA) is 107 Å². The number of hydrogen-bond donors (Lipinski definition) is 2. The Morgan fingerprint density at radius 1 is 1.24 bits per heavy atom. The summed E-state index contributed by atoms with van der Waals surface area (Å²) in [6.07, 6.45) is 0.143. The Bertz CT molecular complexity index is 775. The minimum absolute atomic E-state index is 0.0272. The van der Waals surface area contributed by atoms with Crippen molar-refractivity contribution < 1.29 is 14.5 Å². The molecule has 7 nitrogen and oxygen atoms in total. The maximum absolute atomic E-state index is 12.2. The summed E-state index contributed by atoms with van der Waals surface area (Å²) in [6, 6.07) is 11.7. The molecule has 2 rings (SSSR count). The van der Waals surface area contributed by atoms with E-state index in [0.717, 1.165) is 11.1 Å². The van der Waals surface area contributed by atoms with Crippen molar-refractivity contribution in [3.63, 3.8) is 0 Å². The zero-order valence-electron chi connectivity index (χ0n) is 14.2. The van der Waals surface area contributed by atoms with Gasteiger partial charge in [0, 0.05) is 18.2 Å². The van der Waals surface area contributed by atoms with Crippen LogP contribution in [0.15, 0.2) is 42.5 Å². The van der Waals surface area contributed by atoms with Gasteiger partial charge >= 0.3 is 0 Å². The molecule has 0 aliphatic carbocycles. The Morgan fingerprint density at radius 2 is 1.96 bits per heavy atom. The molecule has 0 saturated heterocycles. The lowest BCUT2D eigenvalue weighted by atomic mass is 10.1. The molecule has 2 aromatic carbocycles. The predicted molar refractivity (Wildman–Crippen MR) is 95.0 cm³/mol. The molecule has 3 N–H and O–H groups in total. The number of anilines is 1. The first kappa shape index (κ1) is 18.4. The molecule has 0 saturated carbocycles. The first-order valence-electron chi connectivity index (χ1n) is 7.88. The minimum atomic E-state index is -0.607. The van der Waals surface area contributed by atoms with E-state index < -0.39 is 10.8 Å². The molecule has 0 heterocycles. The lowest BCUT2D eigenvalue weighted by Gasteiger charge is -2.10. The summed E-state index contributed by atoms with van der Waals surface area (Å²) in [7, 11) is 0. The molecule has 0 bridgehead atoms. The second kappa shape index (κ2) is 8.25. The highest BCUT2D eigenvalue weighted by molar-refractivity contribution is 5.95. The van der Waals surface area contributed by atoms with Crippen LogP contribution in [-0.4, -0.2) is 16.9 Å². The van der Waals surface area contributed by atoms with Crippen molar-refractivity contribution in [2.45, 2.75) is 33.1 Å². The zero-order chi connectivity index (χ0) is 18.4. The number of nitro benzene ring substituents is 1. The summed E-state index contributed by atoms with van der Waals surface area (Å²) in [5.41, 5.74) is 7.42. The maximum atomic E-state index is 12.2. The summed E-state index contributed by atoms with van der Waals surface area (Å²) >= 11 is 0. The van der Waals surface area contributed by atoms with Gasteiger partial charge in [0.25, 0.3) is 11.6 Å². The summed E-state index contributed by atoms with van der Waals surface area (Å²) in [5.74, 6) is -0.396. The smallest absolute Gasteiger partial charge is 0.292 e. The van der Waals surface area contributed by atoms with Gasteiger partial charge in [-0.15, -0.1) is 0 Å². The van der Waals surface area contributed by atoms with Crippen LogP contribution < -0.4 is 11.1 Å². The SMILES string of the molecule is CC(C)OCc1cccc(CNC(=O)c2ccc(N)c([N+](=O)[O-])c2)c1. The third-order valence-electron chi connectivity index (χ3n) is 3.52. The van der Waals surface area contributed by atoms with Crippen molar-refractivity contribution in [3.05, 3.63) is 69.3 Å². The van der Waals surface area contributed by atoms with Gasteiger partial charge < -0.3 is 15.8 Å². The third kappa shape index (κ3) is 5.29. The number of nitrogens with zero attached hydrogens (tertiary/aromatic N) is 1. The molecule has 0 aromatic heterocycles. The van der Waals surface area contributed by atoms with Crippen LogP contribution in [0, 0.1) is 10.1 Å². The summed E-state index contributed by atoms with van der Waals surface area (Å²) in [6.45, 7) is 4.75. The molecule has 0 radical (unpaired) electrons. The van der Waals surface area contributed by atoms with E-state index in [1.807, 2.05) is 38.1 Å². The Balaban J connectivity index is 2.01. The summed E-state index contributed by atoms with van der Waals surface area (Å²) < 4.78 is 5.56. The largest absolute Gasteiger partial charge is 0.393 e. The van der Waals surface area contributed by atoms with E-state index in [9.17, 15) is 14.9 Å². The molecule has 0 fully saturated rings. The van der Waals surface area contributed by atoms with Gasteiger partial charge in [-0.25, -0.2) is 0 Å². The normalized spacial score (nSPS) is 10.7. The Labute approximate surface area is 145 Å². The number of rotatable bonds is 7. The fraction of sp³-hybridized carbons (Fsp3) is 0.278. The molecule has 0 atom stereocenters. The zero-order valence-corrected chi connectivity index (χ0v) is 14.2. The van der Waals surface area contributed by atoms with Crippen LogP contribution >= 0.6 is 0 Å². The first-order chi connectivity index (χ1) is 11.9. The van der Waals surface area contributed by atoms with Crippen LogP contribution in [-0.2, 0) is 17.9 Å². The average molecular weight is 343 g/mol. The van der Waals surface area contributed by atoms with Gasteiger partial charge in [0.15, 0.2) is 0 Å². The lowest BCUT2D eigenvalue weighted by Crippen LogP contribution is -2.23. The second-order valence-corrected chi connectivity index (χ2v) is 5.89. The van der Waals surface area contributed by atoms with Crippen molar-refractivity contribution >= 4 is 17.3 Å². The van der Waals surface area contributed by atoms with Crippen LogP contribution in [0.5, 0.6) is 0 Å². The molecule has 2 aromatic rings. The lowest BCUT2D eigenvalue weighted by molar-refractivity contribution is -0.383. The number of nitro groups is 1. The molecule has 1 amide bonds. The Hall–Kier alpha value is -2.93. The highest BCUT2D eigenvalue weighted by atomic mass is 16.6. The predicted octanol–water partition coefficient (Wildman–Crippen LogP) is 3.03. The number of nitrogens with one attached hydrogen (secondary N) is 1. The number of amides is 1. The number of carbonyl (C=O) groups is 1. The van der Waals surface area contributed by atoms with Gasteiger partial charge in [0.1, 0.15) is 5.69 Å². The number of ether oxygens (including phenoxy) is 1. The fourth-order valence-electron chi connectivity index (χ4n) is 2.22. The summed E-state index contributed by atoms with van der Waals surface area (Å²) in [4.78, 5) is 22.5. The van der Waals surface area contributed by atoms with Gasteiger partial charge in [0.2, 0.25) is 0 Å². The molecule has 132 valence electrons. The van der Waals surface area contributed by atoms with E-state index in [1.165, 1.54) is 18.2 Å². The van der Waals surface area contributed by atoms with Crippen LogP contribution in [0.1, 0.15) is 35.3 Å². The molecular formula is C18H21N3O4. The Morgan fingerprint density at radius 3 is 2.64 bits per heavy atom. The molecule has 25 heavy (non-hydrogen) atoms. The third-order valence-corrected chi connectivity index (χ3v) is 3.52. The average Bonchev–Trinajstić information content (AvgIpc) is 2.58. The van der Waals surface area contributed by atoms with Gasteiger partial charge in [-0.2, -0.15) is 0 Å². The number of benzene rings is 2. The molecular weight excluding hydrogens is 322 g/mol. The van der Waals surface area contributed by atoms with E-state index in [-0.39, 0.29) is 23.0 Å². The number of carbonyl (C=O) groups excluding carboxylic acids is 1. The van der Waals surface area contributed by atoms with Crippen molar-refractivity contribution in [2.75, 3.05) is 5.73 Å². The van der Waals surface area contributed by atoms with Crippen LogP contribution in [0.2, 0.25) is 0 Å². The minimum Gasteiger partial charge on any atom is -0.393 e. The molecule has 7 heteroatoms. The molecule has 0 unspecified atom stereocenters. The summed E-state index contributed by atoms with van der Waals surface area (Å²) in [5, 5.41) is 13.7. The van der Waals surface area contributed by atoms with Crippen molar-refractivity contribution in [2.24, 2.45) is 0 Å². The fourth-order valence-corrected chi connectivity index (χ4v) is 2.22. The van der Waals surface area contributed by atoms with Crippen LogP contribution in [0.25, 0.3) is 0 Å². The molecule has 0 aliphatic heterocycles. The molecule has 0 spiro atoms. The highest BCUT2D eigenvalue weighted by Gasteiger charge is 2.15. The number of hydrogen-bond acceptors (Lipinski definition) is 5. The van der Waals surface area contributed by atoms with E-state index in [1.54, 1.807) is 0 Å². The van der Waals surface area contributed by atoms with Gasteiger partial charge in [-0.05, 0) is 37.1 Å². The standard InChI is InChI=1S/C18H21N3O4/c1-12(2)25-11-14-5-3-4-13(8-14)10-20-18(22)15-6-7-16(19)17(9-15)21(23)24/h3-9,12H,10-11,19H2,1-2H3,(H,20,22). The van der Waals surface area contributed by atoms with Gasteiger partial charge in [0.05, 0.1) is 17.6 Å². The van der Waals surface area contributed by atoms with Crippen LogP contribution in [0.4, 0.5) is 11.4 Å². The monoisotopic (exact) mass is 343 g/mol. The molecule has 0 aliphatic rings. The second-order valence-electron chi connectivity index (χ2n) is 5.89. The maximum Gasteiger partial charge on any atom is 0.292 e. The van der Waals surface area contributed by atoms with E-state index >= 15 is 0 Å². The highest BCUT2D eigenvalue weighted by Crippen LogP contribution is 2.22. The van der Waals surface area contributed by atoms with Crippen LogP contribution in [0.3, 0.4) is 0 Å². The van der Waals surface area contributed by atoms with E-state index in [0.29, 0.717) is 13.2 Å². The Kier molecular flexibility index (Phi) is 6.08. The van der Waals surface area contributed by atoms with Gasteiger partial charge in [-0.3, -0.25) is 14.9 Å². The number of nitrogen functional groups attached to an aromatic ring is 1. The van der Waals surface area contributed by atoms with Crippen molar-refractivity contribution in [1.29, 1.82) is 0 Å². The van der Waals surface area contributed by atoms with E-state index in [2.05, 4.69) is 5.32 Å². The number of nitrogens with two attached hydrogens (primary N) is 1. The quantitative estimate of drug-likeness (QED) is 0.456. The van der Waals surface area contributed by atoms with Gasteiger partial charge in [-0.1, -0.05) is 24.3 Å². The van der Waals surface area contributed by atoms with E-state index in [4.69, 9.17) is 10.5 Å². The first-order valence-corrected chi connectivity index (χ1v) is 7.88.